The summed E-state index contributed by atoms with van der Waals surface area (Å²) in [5.74, 6) is 0.577. The lowest BCUT2D eigenvalue weighted by Gasteiger charge is -2.09. The number of aryl methyl sites for hydroxylation is 1. The lowest BCUT2D eigenvalue weighted by Crippen LogP contribution is -1.87. The topological polar surface area (TPSA) is 0 Å². The lowest BCUT2D eigenvalue weighted by atomic mass is 9.96. The minimum Gasteiger partial charge on any atom is -0.0614 e. The molecule has 0 aliphatic rings. The van der Waals surface area contributed by atoms with Crippen LogP contribution in [-0.2, 0) is 0 Å². The van der Waals surface area contributed by atoms with Gasteiger partial charge in [0.05, 0.1) is 0 Å². The van der Waals surface area contributed by atoms with E-state index in [9.17, 15) is 0 Å². The molecule has 0 atom stereocenters. The molecule has 3 aromatic carbocycles. The predicted octanol–water partition coefficient (Wildman–Crippen LogP) is 6.45. The second kappa shape index (κ2) is 6.19. The van der Waals surface area contributed by atoms with Crippen molar-refractivity contribution in [1.82, 2.24) is 0 Å². The van der Waals surface area contributed by atoms with E-state index in [0.29, 0.717) is 5.92 Å². The molecule has 0 spiro atoms. The van der Waals surface area contributed by atoms with E-state index in [1.54, 1.807) is 0 Å². The average Bonchev–Trinajstić information content (AvgIpc) is 2.55. The summed E-state index contributed by atoms with van der Waals surface area (Å²) in [6.45, 7) is 6.60. The van der Waals surface area contributed by atoms with Crippen molar-refractivity contribution in [3.63, 3.8) is 0 Å². The average molecular weight is 286 g/mol. The smallest absolute Gasteiger partial charge is 0.0178 e. The molecule has 0 aliphatic carbocycles. The SMILES string of the molecule is Cc1cccc(-c2cccc(-c3ccc(C(C)C)cc3)c2)c1. The maximum Gasteiger partial charge on any atom is -0.0178 e. The molecule has 3 aromatic rings. The van der Waals surface area contributed by atoms with Gasteiger partial charge in [0.15, 0.2) is 0 Å². The lowest BCUT2D eigenvalue weighted by molar-refractivity contribution is 0.867. The van der Waals surface area contributed by atoms with Crippen LogP contribution in [0.25, 0.3) is 22.3 Å². The van der Waals surface area contributed by atoms with Crippen LogP contribution >= 0.6 is 0 Å². The van der Waals surface area contributed by atoms with E-state index in [0.717, 1.165) is 0 Å². The third-order valence-corrected chi connectivity index (χ3v) is 4.12. The van der Waals surface area contributed by atoms with Gasteiger partial charge in [-0.3, -0.25) is 0 Å². The van der Waals surface area contributed by atoms with Crippen LogP contribution in [0.3, 0.4) is 0 Å². The zero-order valence-electron chi connectivity index (χ0n) is 13.5. The minimum absolute atomic E-state index is 0.577. The molecule has 0 nitrogen and oxygen atoms in total. The Morgan fingerprint density at radius 3 is 1.73 bits per heavy atom. The summed E-state index contributed by atoms with van der Waals surface area (Å²) in [7, 11) is 0. The molecule has 0 amide bonds. The van der Waals surface area contributed by atoms with Crippen molar-refractivity contribution in [2.24, 2.45) is 0 Å². The molecule has 3 rings (SSSR count). The Morgan fingerprint density at radius 1 is 0.591 bits per heavy atom. The molecular formula is C22H22. The van der Waals surface area contributed by atoms with Crippen molar-refractivity contribution in [3.05, 3.63) is 83.9 Å². The first-order valence-electron chi connectivity index (χ1n) is 7.91. The molecule has 0 aromatic heterocycles. The monoisotopic (exact) mass is 286 g/mol. The van der Waals surface area contributed by atoms with E-state index in [4.69, 9.17) is 0 Å². The molecule has 0 fully saturated rings. The van der Waals surface area contributed by atoms with E-state index in [2.05, 4.69) is 93.6 Å². The number of hydrogen-bond donors (Lipinski definition) is 0. The van der Waals surface area contributed by atoms with E-state index >= 15 is 0 Å². The third-order valence-electron chi connectivity index (χ3n) is 4.12. The second-order valence-electron chi connectivity index (χ2n) is 6.23. The van der Waals surface area contributed by atoms with Gasteiger partial charge in [-0.2, -0.15) is 0 Å². The maximum atomic E-state index is 2.28. The highest BCUT2D eigenvalue weighted by molar-refractivity contribution is 5.73. The molecule has 0 saturated carbocycles. The maximum absolute atomic E-state index is 2.28. The summed E-state index contributed by atoms with van der Waals surface area (Å²) < 4.78 is 0. The van der Waals surface area contributed by atoms with Gasteiger partial charge in [0.2, 0.25) is 0 Å². The van der Waals surface area contributed by atoms with Crippen LogP contribution in [0.1, 0.15) is 30.9 Å². The van der Waals surface area contributed by atoms with Gasteiger partial charge in [0, 0.05) is 0 Å². The number of benzene rings is 3. The summed E-state index contributed by atoms with van der Waals surface area (Å²) in [5, 5.41) is 0. The van der Waals surface area contributed by atoms with Crippen LogP contribution < -0.4 is 0 Å². The largest absolute Gasteiger partial charge is 0.0614 e. The molecule has 0 heterocycles. The molecule has 0 N–H and O–H groups in total. The van der Waals surface area contributed by atoms with Crippen LogP contribution in [0.5, 0.6) is 0 Å². The van der Waals surface area contributed by atoms with E-state index in [1.807, 2.05) is 0 Å². The van der Waals surface area contributed by atoms with Crippen molar-refractivity contribution < 1.29 is 0 Å². The molecule has 0 heteroatoms. The van der Waals surface area contributed by atoms with E-state index < -0.39 is 0 Å². The highest BCUT2D eigenvalue weighted by atomic mass is 14.1. The first kappa shape index (κ1) is 14.6. The van der Waals surface area contributed by atoms with Gasteiger partial charge in [-0.15, -0.1) is 0 Å². The summed E-state index contributed by atoms with van der Waals surface area (Å²) in [5.41, 5.74) is 7.78. The van der Waals surface area contributed by atoms with Crippen LogP contribution in [0, 0.1) is 6.92 Å². The Kier molecular flexibility index (Phi) is 4.11. The molecule has 0 unspecified atom stereocenters. The van der Waals surface area contributed by atoms with Crippen molar-refractivity contribution >= 4 is 0 Å². The first-order valence-corrected chi connectivity index (χ1v) is 7.91. The minimum atomic E-state index is 0.577. The third kappa shape index (κ3) is 3.12. The molecule has 0 bridgehead atoms. The Morgan fingerprint density at radius 2 is 1.14 bits per heavy atom. The van der Waals surface area contributed by atoms with Gasteiger partial charge >= 0.3 is 0 Å². The van der Waals surface area contributed by atoms with Gasteiger partial charge in [-0.1, -0.05) is 86.1 Å². The number of hydrogen-bond acceptors (Lipinski definition) is 0. The van der Waals surface area contributed by atoms with Gasteiger partial charge in [-0.25, -0.2) is 0 Å². The molecule has 22 heavy (non-hydrogen) atoms. The normalized spacial score (nSPS) is 10.9. The van der Waals surface area contributed by atoms with Crippen LogP contribution in [-0.4, -0.2) is 0 Å². The standard InChI is InChI=1S/C22H22/c1-16(2)18-10-12-19(13-11-18)21-8-5-9-22(15-21)20-7-4-6-17(3)14-20/h4-16H,1-3H3. The Bertz CT molecular complexity index is 764. The fourth-order valence-corrected chi connectivity index (χ4v) is 2.76. The summed E-state index contributed by atoms with van der Waals surface area (Å²) >= 11 is 0. The van der Waals surface area contributed by atoms with Crippen molar-refractivity contribution in [2.75, 3.05) is 0 Å². The first-order chi connectivity index (χ1) is 10.6. The van der Waals surface area contributed by atoms with Crippen molar-refractivity contribution in [2.45, 2.75) is 26.7 Å². The summed E-state index contributed by atoms with van der Waals surface area (Å²) in [6.07, 6.45) is 0. The quantitative estimate of drug-likeness (QED) is 0.519. The summed E-state index contributed by atoms with van der Waals surface area (Å²) in [4.78, 5) is 0. The van der Waals surface area contributed by atoms with Crippen LogP contribution in [0.2, 0.25) is 0 Å². The van der Waals surface area contributed by atoms with Gasteiger partial charge in [0.25, 0.3) is 0 Å². The van der Waals surface area contributed by atoms with E-state index in [-0.39, 0.29) is 0 Å². The summed E-state index contributed by atoms with van der Waals surface area (Å²) in [6, 6.07) is 26.4. The molecule has 0 radical (unpaired) electrons. The predicted molar refractivity (Wildman–Crippen MR) is 96.1 cm³/mol. The fraction of sp³-hybridized carbons (Fsp3) is 0.182. The van der Waals surface area contributed by atoms with Gasteiger partial charge in [-0.05, 0) is 46.7 Å². The zero-order chi connectivity index (χ0) is 15.5. The van der Waals surface area contributed by atoms with E-state index in [1.165, 1.54) is 33.4 Å². The number of rotatable bonds is 3. The fourth-order valence-electron chi connectivity index (χ4n) is 2.76. The van der Waals surface area contributed by atoms with Crippen LogP contribution in [0.15, 0.2) is 72.8 Å². The van der Waals surface area contributed by atoms with Crippen molar-refractivity contribution in [3.8, 4) is 22.3 Å². The Hall–Kier alpha value is -2.34. The molecule has 0 saturated heterocycles. The second-order valence-corrected chi connectivity index (χ2v) is 6.23. The van der Waals surface area contributed by atoms with Gasteiger partial charge in [0.1, 0.15) is 0 Å². The Labute approximate surface area is 133 Å². The van der Waals surface area contributed by atoms with Crippen molar-refractivity contribution in [1.29, 1.82) is 0 Å². The zero-order valence-corrected chi connectivity index (χ0v) is 13.5. The van der Waals surface area contributed by atoms with Crippen LogP contribution in [0.4, 0.5) is 0 Å². The highest BCUT2D eigenvalue weighted by Crippen LogP contribution is 2.28. The highest BCUT2D eigenvalue weighted by Gasteiger charge is 2.03. The Balaban J connectivity index is 1.97. The molecular weight excluding hydrogens is 264 g/mol. The van der Waals surface area contributed by atoms with Gasteiger partial charge < -0.3 is 0 Å². The molecule has 0 aliphatic heterocycles. The molecule has 110 valence electrons.